The van der Waals surface area contributed by atoms with Crippen LogP contribution in [0, 0.1) is 16.0 Å². The number of hydrogen-bond donors (Lipinski definition) is 0. The van der Waals surface area contributed by atoms with Crippen LogP contribution in [-0.2, 0) is 21.4 Å². The highest BCUT2D eigenvalue weighted by Crippen LogP contribution is 2.31. The van der Waals surface area contributed by atoms with Crippen molar-refractivity contribution < 1.29 is 18.1 Å². The van der Waals surface area contributed by atoms with Gasteiger partial charge < -0.3 is 4.90 Å². The van der Waals surface area contributed by atoms with Gasteiger partial charge in [-0.25, -0.2) is 8.42 Å². The molecule has 3 rings (SSSR count). The van der Waals surface area contributed by atoms with Gasteiger partial charge in [0.15, 0.2) is 0 Å². The first kappa shape index (κ1) is 23.0. The number of carbonyl (C=O) groups is 1. The lowest BCUT2D eigenvalue weighted by Gasteiger charge is -2.32. The Kier molecular flexibility index (Phi) is 7.03. The Morgan fingerprint density at radius 1 is 1.27 bits per heavy atom. The monoisotopic (exact) mass is 491 g/mol. The number of amides is 1. The SMILES string of the molecule is CN(Cc1ccc(Cl)s1)C(=O)C1CCN(S(=O)(=O)c2ccc(Cl)c([N+](=O)[O-])c2)CC1. The maximum absolute atomic E-state index is 12.9. The van der Waals surface area contributed by atoms with Crippen LogP contribution >= 0.6 is 34.5 Å². The summed E-state index contributed by atoms with van der Waals surface area (Å²) in [4.78, 5) is 25.5. The van der Waals surface area contributed by atoms with Gasteiger partial charge in [0.25, 0.3) is 5.69 Å². The molecule has 1 amide bonds. The van der Waals surface area contributed by atoms with Gasteiger partial charge in [0.05, 0.1) is 20.7 Å². The molecule has 0 aliphatic carbocycles. The highest BCUT2D eigenvalue weighted by Gasteiger charge is 2.34. The molecule has 1 saturated heterocycles. The molecule has 0 unspecified atom stereocenters. The summed E-state index contributed by atoms with van der Waals surface area (Å²) >= 11 is 13.1. The highest BCUT2D eigenvalue weighted by molar-refractivity contribution is 7.89. The molecule has 162 valence electrons. The number of carbonyl (C=O) groups excluding carboxylic acids is 1. The van der Waals surface area contributed by atoms with Crippen molar-refractivity contribution in [3.8, 4) is 0 Å². The number of nitro benzene ring substituents is 1. The second-order valence-corrected chi connectivity index (χ2v) is 11.1. The standard InChI is InChI=1S/C18H19Cl2N3O5S2/c1-21(11-13-2-5-17(20)29-13)18(24)12-6-8-22(9-7-12)30(27,28)14-3-4-15(19)16(10-14)23(25)26/h2-5,10,12H,6-9,11H2,1H3. The molecule has 8 nitrogen and oxygen atoms in total. The first-order valence-electron chi connectivity index (χ1n) is 9.03. The predicted octanol–water partition coefficient (Wildman–Crippen LogP) is 4.02. The van der Waals surface area contributed by atoms with Crippen LogP contribution in [0.2, 0.25) is 9.36 Å². The summed E-state index contributed by atoms with van der Waals surface area (Å²) in [5.41, 5.74) is -0.460. The molecule has 0 N–H and O–H groups in total. The molecule has 2 aromatic rings. The van der Waals surface area contributed by atoms with Gasteiger partial charge in [-0.1, -0.05) is 23.2 Å². The van der Waals surface area contributed by atoms with E-state index in [9.17, 15) is 23.3 Å². The maximum atomic E-state index is 12.9. The second kappa shape index (κ2) is 9.19. The van der Waals surface area contributed by atoms with Gasteiger partial charge in [-0.2, -0.15) is 4.31 Å². The number of nitrogens with zero attached hydrogens (tertiary/aromatic N) is 3. The minimum Gasteiger partial charge on any atom is -0.340 e. The number of halogens is 2. The van der Waals surface area contributed by atoms with E-state index in [1.165, 1.54) is 27.8 Å². The smallest absolute Gasteiger partial charge is 0.289 e. The van der Waals surface area contributed by atoms with Crippen molar-refractivity contribution in [1.29, 1.82) is 0 Å². The van der Waals surface area contributed by atoms with Crippen LogP contribution in [0.4, 0.5) is 5.69 Å². The molecular formula is C18H19Cl2N3O5S2. The zero-order chi connectivity index (χ0) is 22.1. The van der Waals surface area contributed by atoms with E-state index < -0.39 is 20.6 Å². The van der Waals surface area contributed by atoms with E-state index in [1.54, 1.807) is 18.0 Å². The Balaban J connectivity index is 1.65. The van der Waals surface area contributed by atoms with E-state index in [1.807, 2.05) is 6.07 Å². The van der Waals surface area contributed by atoms with Crippen LogP contribution < -0.4 is 0 Å². The Labute approximate surface area is 188 Å². The lowest BCUT2D eigenvalue weighted by Crippen LogP contribution is -2.43. The Morgan fingerprint density at radius 3 is 2.50 bits per heavy atom. The summed E-state index contributed by atoms with van der Waals surface area (Å²) in [6, 6.07) is 7.08. The zero-order valence-electron chi connectivity index (χ0n) is 16.0. The number of sulfonamides is 1. The Morgan fingerprint density at radius 2 is 1.93 bits per heavy atom. The molecule has 1 aliphatic heterocycles. The molecule has 1 aromatic carbocycles. The second-order valence-electron chi connectivity index (χ2n) is 6.95. The minimum absolute atomic E-state index is 0.0429. The molecule has 0 radical (unpaired) electrons. The van der Waals surface area contributed by atoms with Crippen molar-refractivity contribution >= 4 is 56.2 Å². The third kappa shape index (κ3) is 4.94. The zero-order valence-corrected chi connectivity index (χ0v) is 19.1. The molecule has 1 aliphatic rings. The third-order valence-corrected chi connectivity index (χ3v) is 8.38. The van der Waals surface area contributed by atoms with Crippen LogP contribution in [0.15, 0.2) is 35.2 Å². The van der Waals surface area contributed by atoms with Crippen LogP contribution in [0.3, 0.4) is 0 Å². The first-order chi connectivity index (χ1) is 14.1. The maximum Gasteiger partial charge on any atom is 0.289 e. The average molecular weight is 492 g/mol. The average Bonchev–Trinajstić information content (AvgIpc) is 3.12. The van der Waals surface area contributed by atoms with E-state index in [-0.39, 0.29) is 34.8 Å². The van der Waals surface area contributed by atoms with Crippen LogP contribution in [0.25, 0.3) is 0 Å². The summed E-state index contributed by atoms with van der Waals surface area (Å²) in [6.07, 6.45) is 0.757. The van der Waals surface area contributed by atoms with Crippen molar-refractivity contribution in [2.45, 2.75) is 24.3 Å². The Bertz CT molecular complexity index is 1070. The quantitative estimate of drug-likeness (QED) is 0.448. The van der Waals surface area contributed by atoms with Gasteiger partial charge in [-0.3, -0.25) is 14.9 Å². The fraction of sp³-hybridized carbons (Fsp3) is 0.389. The van der Waals surface area contributed by atoms with Gasteiger partial charge in [0.1, 0.15) is 5.02 Å². The van der Waals surface area contributed by atoms with Gasteiger partial charge in [0, 0.05) is 37.0 Å². The van der Waals surface area contributed by atoms with Crippen molar-refractivity contribution in [1.82, 2.24) is 9.21 Å². The number of nitro groups is 1. The lowest BCUT2D eigenvalue weighted by molar-refractivity contribution is -0.384. The molecular weight excluding hydrogens is 473 g/mol. The molecule has 1 aromatic heterocycles. The van der Waals surface area contributed by atoms with Crippen LogP contribution in [0.5, 0.6) is 0 Å². The van der Waals surface area contributed by atoms with Gasteiger partial charge in [-0.15, -0.1) is 11.3 Å². The number of piperidine rings is 1. The number of benzene rings is 1. The predicted molar refractivity (Wildman–Crippen MR) is 115 cm³/mol. The van der Waals surface area contributed by atoms with E-state index in [4.69, 9.17) is 23.2 Å². The molecule has 0 spiro atoms. The molecule has 0 bridgehead atoms. The van der Waals surface area contributed by atoms with Crippen molar-refractivity contribution in [3.63, 3.8) is 0 Å². The fourth-order valence-electron chi connectivity index (χ4n) is 3.35. The topological polar surface area (TPSA) is 101 Å². The van der Waals surface area contributed by atoms with Crippen LogP contribution in [0.1, 0.15) is 17.7 Å². The molecule has 30 heavy (non-hydrogen) atoms. The summed E-state index contributed by atoms with van der Waals surface area (Å²) < 4.78 is 27.7. The highest BCUT2D eigenvalue weighted by atomic mass is 35.5. The molecule has 2 heterocycles. The largest absolute Gasteiger partial charge is 0.340 e. The van der Waals surface area contributed by atoms with Gasteiger partial charge >= 0.3 is 0 Å². The fourth-order valence-corrected chi connectivity index (χ4v) is 6.16. The van der Waals surface area contributed by atoms with Crippen molar-refractivity contribution in [2.75, 3.05) is 20.1 Å². The Hall–Kier alpha value is -1.72. The molecule has 0 saturated carbocycles. The van der Waals surface area contributed by atoms with Gasteiger partial charge in [0.2, 0.25) is 15.9 Å². The van der Waals surface area contributed by atoms with E-state index in [0.717, 1.165) is 10.9 Å². The molecule has 12 heteroatoms. The summed E-state index contributed by atoms with van der Waals surface area (Å²) in [5.74, 6) is -0.324. The van der Waals surface area contributed by atoms with Crippen molar-refractivity contribution in [2.24, 2.45) is 5.92 Å². The summed E-state index contributed by atoms with van der Waals surface area (Å²) in [6.45, 7) is 0.769. The number of hydrogen-bond acceptors (Lipinski definition) is 6. The molecule has 1 fully saturated rings. The molecule has 0 atom stereocenters. The first-order valence-corrected chi connectivity index (χ1v) is 12.0. The van der Waals surface area contributed by atoms with Crippen LogP contribution in [-0.4, -0.2) is 48.6 Å². The number of thiophene rings is 1. The minimum atomic E-state index is -3.92. The normalized spacial score (nSPS) is 15.8. The summed E-state index contributed by atoms with van der Waals surface area (Å²) in [5, 5.41) is 10.9. The number of rotatable bonds is 6. The van der Waals surface area contributed by atoms with E-state index >= 15 is 0 Å². The third-order valence-electron chi connectivity index (χ3n) is 4.95. The van der Waals surface area contributed by atoms with Gasteiger partial charge in [-0.05, 0) is 37.1 Å². The van der Waals surface area contributed by atoms with E-state index in [0.29, 0.717) is 23.7 Å². The summed E-state index contributed by atoms with van der Waals surface area (Å²) in [7, 11) is -2.20. The van der Waals surface area contributed by atoms with Crippen molar-refractivity contribution in [3.05, 3.63) is 54.7 Å². The van der Waals surface area contributed by atoms with E-state index in [2.05, 4.69) is 0 Å². The lowest BCUT2D eigenvalue weighted by atomic mass is 9.96.